The Hall–Kier alpha value is -2.63. The lowest BCUT2D eigenvalue weighted by atomic mass is 9.88. The van der Waals surface area contributed by atoms with E-state index in [2.05, 4.69) is 5.32 Å². The Bertz CT molecular complexity index is 1020. The van der Waals surface area contributed by atoms with Crippen molar-refractivity contribution in [1.29, 1.82) is 0 Å². The highest BCUT2D eigenvalue weighted by molar-refractivity contribution is 7.08. The highest BCUT2D eigenvalue weighted by atomic mass is 35.5. The molecule has 4 rings (SSSR count). The number of carbonyl (C=O) groups excluding carboxylic acids is 2. The minimum absolute atomic E-state index is 0.331. The second-order valence-corrected chi connectivity index (χ2v) is 8.19. The quantitative estimate of drug-likeness (QED) is 0.628. The van der Waals surface area contributed by atoms with Crippen LogP contribution in [0, 0.1) is 0 Å². The van der Waals surface area contributed by atoms with E-state index in [-0.39, 0.29) is 11.9 Å². The number of benzene rings is 2. The van der Waals surface area contributed by atoms with Crippen LogP contribution in [0.1, 0.15) is 40.0 Å². The first kappa shape index (κ1) is 18.7. The van der Waals surface area contributed by atoms with Crippen LogP contribution in [0.25, 0.3) is 0 Å². The Morgan fingerprint density at radius 1 is 1.14 bits per heavy atom. The average molecular weight is 412 g/mol. The van der Waals surface area contributed by atoms with Gasteiger partial charge in [0, 0.05) is 11.4 Å². The number of nitrogens with one attached hydrogen (secondary N) is 1. The number of cyclic esters (lactones) is 1. The largest absolute Gasteiger partial charge is 0.445 e. The molecule has 1 aliphatic heterocycles. The van der Waals surface area contributed by atoms with E-state index in [9.17, 15) is 9.59 Å². The molecule has 0 bridgehead atoms. The summed E-state index contributed by atoms with van der Waals surface area (Å²) < 4.78 is 5.57. The Morgan fingerprint density at radius 3 is 2.61 bits per heavy atom. The molecule has 2 aromatic carbocycles. The summed E-state index contributed by atoms with van der Waals surface area (Å²) >= 11 is 7.57. The van der Waals surface area contributed by atoms with Gasteiger partial charge >= 0.3 is 5.97 Å². The standard InChI is InChI=1S/C22H18ClNO3S/c1-22(12-15-4-2-3-5-18(15)20(25)27-22)21(26)24-19(16-10-11-28-13-16)14-6-8-17(23)9-7-14/h2-11,13,19H,12H2,1H3,(H,24,26). The van der Waals surface area contributed by atoms with E-state index in [1.807, 2.05) is 41.1 Å². The van der Waals surface area contributed by atoms with Gasteiger partial charge in [-0.1, -0.05) is 41.9 Å². The van der Waals surface area contributed by atoms with E-state index in [0.717, 1.165) is 16.7 Å². The van der Waals surface area contributed by atoms with Crippen LogP contribution >= 0.6 is 22.9 Å². The zero-order chi connectivity index (χ0) is 19.7. The van der Waals surface area contributed by atoms with Crippen LogP contribution in [-0.2, 0) is 16.0 Å². The van der Waals surface area contributed by atoms with E-state index in [4.69, 9.17) is 16.3 Å². The molecule has 0 fully saturated rings. The van der Waals surface area contributed by atoms with Crippen LogP contribution in [0.5, 0.6) is 0 Å². The first-order chi connectivity index (χ1) is 13.5. The molecule has 2 heterocycles. The fourth-order valence-corrected chi connectivity index (χ4v) is 4.21. The summed E-state index contributed by atoms with van der Waals surface area (Å²) in [6.07, 6.45) is 0.331. The van der Waals surface area contributed by atoms with Crippen LogP contribution in [-0.4, -0.2) is 17.5 Å². The molecule has 1 amide bonds. The molecular formula is C22H18ClNO3S. The zero-order valence-electron chi connectivity index (χ0n) is 15.1. The number of hydrogen-bond acceptors (Lipinski definition) is 4. The lowest BCUT2D eigenvalue weighted by molar-refractivity contribution is -0.140. The summed E-state index contributed by atoms with van der Waals surface area (Å²) in [7, 11) is 0. The van der Waals surface area contributed by atoms with Gasteiger partial charge in [0.25, 0.3) is 5.91 Å². The van der Waals surface area contributed by atoms with Crippen molar-refractivity contribution in [2.75, 3.05) is 0 Å². The summed E-state index contributed by atoms with van der Waals surface area (Å²) in [5.41, 5.74) is 1.93. The van der Waals surface area contributed by atoms with Gasteiger partial charge in [0.05, 0.1) is 11.6 Å². The molecule has 3 aromatic rings. The van der Waals surface area contributed by atoms with Crippen LogP contribution < -0.4 is 5.32 Å². The lowest BCUT2D eigenvalue weighted by Gasteiger charge is -2.34. The maximum atomic E-state index is 13.2. The first-order valence-electron chi connectivity index (χ1n) is 8.86. The van der Waals surface area contributed by atoms with Crippen molar-refractivity contribution in [2.24, 2.45) is 0 Å². The number of ether oxygens (including phenoxy) is 1. The number of carbonyl (C=O) groups is 2. The fourth-order valence-electron chi connectivity index (χ4n) is 3.40. The molecule has 0 spiro atoms. The fraction of sp³-hybridized carbons (Fsp3) is 0.182. The van der Waals surface area contributed by atoms with Crippen molar-refractivity contribution in [3.63, 3.8) is 0 Å². The van der Waals surface area contributed by atoms with E-state index >= 15 is 0 Å². The lowest BCUT2D eigenvalue weighted by Crippen LogP contribution is -2.52. The van der Waals surface area contributed by atoms with E-state index < -0.39 is 11.6 Å². The monoisotopic (exact) mass is 411 g/mol. The van der Waals surface area contributed by atoms with Crippen LogP contribution in [0.4, 0.5) is 0 Å². The van der Waals surface area contributed by atoms with Crippen LogP contribution in [0.3, 0.4) is 0 Å². The number of rotatable bonds is 4. The van der Waals surface area contributed by atoms with Crippen molar-refractivity contribution in [3.05, 3.63) is 92.6 Å². The molecule has 2 atom stereocenters. The van der Waals surface area contributed by atoms with Gasteiger partial charge in [-0.3, -0.25) is 4.79 Å². The van der Waals surface area contributed by atoms with Gasteiger partial charge in [0.15, 0.2) is 5.60 Å². The molecule has 6 heteroatoms. The third kappa shape index (κ3) is 3.55. The predicted molar refractivity (Wildman–Crippen MR) is 110 cm³/mol. The Morgan fingerprint density at radius 2 is 1.89 bits per heavy atom. The number of amides is 1. The Labute approximate surface area is 172 Å². The number of hydrogen-bond donors (Lipinski definition) is 1. The van der Waals surface area contributed by atoms with Gasteiger partial charge < -0.3 is 10.1 Å². The molecule has 4 nitrogen and oxygen atoms in total. The highest BCUT2D eigenvalue weighted by Crippen LogP contribution is 2.31. The van der Waals surface area contributed by atoms with Gasteiger partial charge in [-0.2, -0.15) is 11.3 Å². The van der Waals surface area contributed by atoms with E-state index in [0.29, 0.717) is 17.0 Å². The molecule has 1 N–H and O–H groups in total. The van der Waals surface area contributed by atoms with Crippen molar-refractivity contribution in [2.45, 2.75) is 25.0 Å². The average Bonchev–Trinajstić information content (AvgIpc) is 3.21. The van der Waals surface area contributed by atoms with Gasteiger partial charge in [0.2, 0.25) is 0 Å². The second kappa shape index (κ2) is 7.41. The zero-order valence-corrected chi connectivity index (χ0v) is 16.7. The van der Waals surface area contributed by atoms with Crippen molar-refractivity contribution >= 4 is 34.8 Å². The summed E-state index contributed by atoms with van der Waals surface area (Å²) in [6, 6.07) is 16.2. The van der Waals surface area contributed by atoms with E-state index in [1.54, 1.807) is 42.5 Å². The summed E-state index contributed by atoms with van der Waals surface area (Å²) in [5, 5.41) is 7.64. The molecule has 0 saturated carbocycles. The van der Waals surface area contributed by atoms with Crippen molar-refractivity contribution < 1.29 is 14.3 Å². The van der Waals surface area contributed by atoms with Gasteiger partial charge in [0.1, 0.15) is 0 Å². The predicted octanol–water partition coefficient (Wildman–Crippen LogP) is 4.78. The normalized spacial score (nSPS) is 19.4. The molecule has 1 aliphatic rings. The van der Waals surface area contributed by atoms with Crippen molar-refractivity contribution in [3.8, 4) is 0 Å². The number of thiophene rings is 1. The molecule has 0 saturated heterocycles. The van der Waals surface area contributed by atoms with Crippen LogP contribution in [0.2, 0.25) is 5.02 Å². The second-order valence-electron chi connectivity index (χ2n) is 6.97. The third-order valence-corrected chi connectivity index (χ3v) is 5.87. The number of halogens is 1. The molecule has 1 aromatic heterocycles. The minimum Gasteiger partial charge on any atom is -0.445 e. The third-order valence-electron chi connectivity index (χ3n) is 4.92. The first-order valence-corrected chi connectivity index (χ1v) is 10.2. The van der Waals surface area contributed by atoms with Crippen molar-refractivity contribution in [1.82, 2.24) is 5.32 Å². The minimum atomic E-state index is -1.27. The molecule has 28 heavy (non-hydrogen) atoms. The molecule has 0 radical (unpaired) electrons. The maximum Gasteiger partial charge on any atom is 0.339 e. The SMILES string of the molecule is CC1(C(=O)NC(c2ccc(Cl)cc2)c2ccsc2)Cc2ccccc2C(=O)O1. The Balaban J connectivity index is 1.63. The Kier molecular flexibility index (Phi) is 4.96. The smallest absolute Gasteiger partial charge is 0.339 e. The topological polar surface area (TPSA) is 55.4 Å². The summed E-state index contributed by atoms with van der Waals surface area (Å²) in [5.74, 6) is -0.806. The number of esters is 1. The number of fused-ring (bicyclic) bond motifs is 1. The van der Waals surface area contributed by atoms with Crippen LogP contribution in [0.15, 0.2) is 65.4 Å². The highest BCUT2D eigenvalue weighted by Gasteiger charge is 2.43. The molecule has 0 aliphatic carbocycles. The van der Waals surface area contributed by atoms with Gasteiger partial charge in [-0.05, 0) is 58.6 Å². The summed E-state index contributed by atoms with van der Waals surface area (Å²) in [6.45, 7) is 1.66. The maximum absolute atomic E-state index is 13.2. The molecular weight excluding hydrogens is 394 g/mol. The van der Waals surface area contributed by atoms with E-state index in [1.165, 1.54) is 0 Å². The molecule has 2 unspecified atom stereocenters. The summed E-state index contributed by atoms with van der Waals surface area (Å²) in [4.78, 5) is 25.6. The van der Waals surface area contributed by atoms with Gasteiger partial charge in [-0.25, -0.2) is 4.79 Å². The molecule has 142 valence electrons. The van der Waals surface area contributed by atoms with Gasteiger partial charge in [-0.15, -0.1) is 0 Å².